The number of hydrogen-bond donors (Lipinski definition) is 1. The van der Waals surface area contributed by atoms with Crippen molar-refractivity contribution in [3.05, 3.63) is 28.2 Å². The normalized spacial score (nSPS) is 23.4. The first-order valence-electron chi connectivity index (χ1n) is 6.70. The third-order valence-electron chi connectivity index (χ3n) is 3.88. The number of hydrogen-bond acceptors (Lipinski definition) is 2. The highest BCUT2D eigenvalue weighted by atomic mass is 79.9. The van der Waals surface area contributed by atoms with Crippen LogP contribution in [0.25, 0.3) is 0 Å². The molecule has 0 radical (unpaired) electrons. The molecule has 1 aliphatic rings. The van der Waals surface area contributed by atoms with Gasteiger partial charge in [0.15, 0.2) is 0 Å². The first-order valence-corrected chi connectivity index (χ1v) is 7.50. The van der Waals surface area contributed by atoms with Crippen molar-refractivity contribution in [1.29, 1.82) is 5.26 Å². The topological polar surface area (TPSA) is 35.8 Å². The molecule has 2 unspecified atom stereocenters. The SMILES string of the molecule is CCC1CCCCC1Nc1cc(Br)ccc1C#N. The second-order valence-electron chi connectivity index (χ2n) is 5.01. The van der Waals surface area contributed by atoms with E-state index in [1.54, 1.807) is 0 Å². The molecule has 0 heterocycles. The van der Waals surface area contributed by atoms with E-state index in [2.05, 4.69) is 34.2 Å². The molecule has 1 fully saturated rings. The maximum atomic E-state index is 9.16. The van der Waals surface area contributed by atoms with Crippen LogP contribution in [0.1, 0.15) is 44.6 Å². The van der Waals surface area contributed by atoms with Crippen molar-refractivity contribution < 1.29 is 0 Å². The van der Waals surface area contributed by atoms with Crippen molar-refractivity contribution in [3.8, 4) is 6.07 Å². The van der Waals surface area contributed by atoms with Gasteiger partial charge in [-0.05, 0) is 37.0 Å². The third-order valence-corrected chi connectivity index (χ3v) is 4.37. The molecule has 1 saturated carbocycles. The van der Waals surface area contributed by atoms with Gasteiger partial charge in [-0.3, -0.25) is 0 Å². The standard InChI is InChI=1S/C15H19BrN2/c1-2-11-5-3-4-6-14(11)18-15-9-13(16)8-7-12(15)10-17/h7-9,11,14,18H,2-6H2,1H3. The average molecular weight is 307 g/mol. The van der Waals surface area contributed by atoms with Gasteiger partial charge in [-0.1, -0.05) is 42.1 Å². The molecule has 0 bridgehead atoms. The third kappa shape index (κ3) is 3.05. The number of halogens is 1. The molecule has 2 rings (SSSR count). The molecule has 2 nitrogen and oxygen atoms in total. The first kappa shape index (κ1) is 13.4. The zero-order valence-electron chi connectivity index (χ0n) is 10.7. The van der Waals surface area contributed by atoms with Crippen LogP contribution < -0.4 is 5.32 Å². The molecule has 1 aromatic rings. The fraction of sp³-hybridized carbons (Fsp3) is 0.533. The van der Waals surface area contributed by atoms with E-state index in [-0.39, 0.29) is 0 Å². The molecule has 0 aliphatic heterocycles. The summed E-state index contributed by atoms with van der Waals surface area (Å²) >= 11 is 3.47. The molecule has 0 saturated heterocycles. The zero-order valence-corrected chi connectivity index (χ0v) is 12.3. The van der Waals surface area contributed by atoms with Crippen LogP contribution in [0.4, 0.5) is 5.69 Å². The number of benzene rings is 1. The molecule has 96 valence electrons. The summed E-state index contributed by atoms with van der Waals surface area (Å²) in [7, 11) is 0. The van der Waals surface area contributed by atoms with Gasteiger partial charge in [0.1, 0.15) is 6.07 Å². The lowest BCUT2D eigenvalue weighted by molar-refractivity contribution is 0.317. The molecule has 18 heavy (non-hydrogen) atoms. The Morgan fingerprint density at radius 3 is 2.89 bits per heavy atom. The van der Waals surface area contributed by atoms with E-state index in [1.165, 1.54) is 32.1 Å². The Bertz CT molecular complexity index is 450. The zero-order chi connectivity index (χ0) is 13.0. The maximum Gasteiger partial charge on any atom is 0.101 e. The largest absolute Gasteiger partial charge is 0.381 e. The van der Waals surface area contributed by atoms with Crippen LogP contribution in [-0.4, -0.2) is 6.04 Å². The van der Waals surface area contributed by atoms with Gasteiger partial charge >= 0.3 is 0 Å². The van der Waals surface area contributed by atoms with Gasteiger partial charge in [0.05, 0.1) is 11.3 Å². The quantitative estimate of drug-likeness (QED) is 0.878. The summed E-state index contributed by atoms with van der Waals surface area (Å²) in [6.45, 7) is 2.26. The molecule has 1 N–H and O–H groups in total. The van der Waals surface area contributed by atoms with Gasteiger partial charge in [0.2, 0.25) is 0 Å². The van der Waals surface area contributed by atoms with Crippen molar-refractivity contribution in [2.75, 3.05) is 5.32 Å². The predicted molar refractivity (Wildman–Crippen MR) is 78.5 cm³/mol. The van der Waals surface area contributed by atoms with E-state index in [9.17, 15) is 0 Å². The van der Waals surface area contributed by atoms with E-state index >= 15 is 0 Å². The van der Waals surface area contributed by atoms with Gasteiger partial charge in [-0.25, -0.2) is 0 Å². The molecule has 3 heteroatoms. The number of rotatable bonds is 3. The Balaban J connectivity index is 2.17. The minimum absolute atomic E-state index is 0.519. The molecular weight excluding hydrogens is 288 g/mol. The highest BCUT2D eigenvalue weighted by Crippen LogP contribution is 2.31. The van der Waals surface area contributed by atoms with Gasteiger partial charge < -0.3 is 5.32 Å². The van der Waals surface area contributed by atoms with Crippen LogP contribution in [0.15, 0.2) is 22.7 Å². The fourth-order valence-electron chi connectivity index (χ4n) is 2.82. The van der Waals surface area contributed by atoms with E-state index in [0.717, 1.165) is 21.6 Å². The van der Waals surface area contributed by atoms with Crippen LogP contribution in [0.2, 0.25) is 0 Å². The summed E-state index contributed by atoms with van der Waals surface area (Å²) in [5.41, 5.74) is 1.70. The molecule has 1 aromatic carbocycles. The summed E-state index contributed by atoms with van der Waals surface area (Å²) in [5.74, 6) is 0.740. The Hall–Kier alpha value is -1.01. The summed E-state index contributed by atoms with van der Waals surface area (Å²) in [6.07, 6.45) is 6.39. The molecule has 0 spiro atoms. The molecule has 1 aliphatic carbocycles. The molecule has 0 amide bonds. The highest BCUT2D eigenvalue weighted by molar-refractivity contribution is 9.10. The van der Waals surface area contributed by atoms with E-state index in [0.29, 0.717) is 6.04 Å². The molecule has 2 atom stereocenters. The van der Waals surface area contributed by atoms with Crippen molar-refractivity contribution in [1.82, 2.24) is 0 Å². The smallest absolute Gasteiger partial charge is 0.101 e. The number of nitrogens with one attached hydrogen (secondary N) is 1. The van der Waals surface area contributed by atoms with Gasteiger partial charge in [-0.15, -0.1) is 0 Å². The van der Waals surface area contributed by atoms with Crippen molar-refractivity contribution in [2.24, 2.45) is 5.92 Å². The van der Waals surface area contributed by atoms with Crippen molar-refractivity contribution >= 4 is 21.6 Å². The minimum Gasteiger partial charge on any atom is -0.381 e. The summed E-state index contributed by atoms with van der Waals surface area (Å²) in [4.78, 5) is 0. The van der Waals surface area contributed by atoms with E-state index in [1.807, 2.05) is 18.2 Å². The first-order chi connectivity index (χ1) is 8.74. The second kappa shape index (κ2) is 6.24. The van der Waals surface area contributed by atoms with E-state index < -0.39 is 0 Å². The lowest BCUT2D eigenvalue weighted by Gasteiger charge is -2.32. The molecule has 0 aromatic heterocycles. The van der Waals surface area contributed by atoms with Crippen LogP contribution in [0.5, 0.6) is 0 Å². The second-order valence-corrected chi connectivity index (χ2v) is 5.92. The molecular formula is C15H19BrN2. The van der Waals surface area contributed by atoms with Crippen molar-refractivity contribution in [3.63, 3.8) is 0 Å². The summed E-state index contributed by atoms with van der Waals surface area (Å²) in [5, 5.41) is 12.7. The van der Waals surface area contributed by atoms with Crippen LogP contribution in [0, 0.1) is 17.2 Å². The number of anilines is 1. The number of nitrogens with zero attached hydrogens (tertiary/aromatic N) is 1. The van der Waals surface area contributed by atoms with Gasteiger partial charge in [0.25, 0.3) is 0 Å². The monoisotopic (exact) mass is 306 g/mol. The summed E-state index contributed by atoms with van der Waals surface area (Å²) < 4.78 is 1.02. The Morgan fingerprint density at radius 2 is 2.17 bits per heavy atom. The van der Waals surface area contributed by atoms with Crippen LogP contribution in [-0.2, 0) is 0 Å². The van der Waals surface area contributed by atoms with Crippen molar-refractivity contribution in [2.45, 2.75) is 45.1 Å². The lowest BCUT2D eigenvalue weighted by atomic mass is 9.82. The fourth-order valence-corrected chi connectivity index (χ4v) is 3.18. The maximum absolute atomic E-state index is 9.16. The van der Waals surface area contributed by atoms with Crippen LogP contribution >= 0.6 is 15.9 Å². The highest BCUT2D eigenvalue weighted by Gasteiger charge is 2.24. The van der Waals surface area contributed by atoms with Gasteiger partial charge in [0, 0.05) is 10.5 Å². The van der Waals surface area contributed by atoms with Gasteiger partial charge in [-0.2, -0.15) is 5.26 Å². The Kier molecular flexibility index (Phi) is 4.66. The van der Waals surface area contributed by atoms with Crippen LogP contribution in [0.3, 0.4) is 0 Å². The summed E-state index contributed by atoms with van der Waals surface area (Å²) in [6, 6.07) is 8.58. The minimum atomic E-state index is 0.519. The average Bonchev–Trinajstić information content (AvgIpc) is 2.40. The number of nitriles is 1. The predicted octanol–water partition coefficient (Wildman–Crippen LogP) is 4.70. The Morgan fingerprint density at radius 1 is 1.39 bits per heavy atom. The lowest BCUT2D eigenvalue weighted by Crippen LogP contribution is -2.32. The van der Waals surface area contributed by atoms with E-state index in [4.69, 9.17) is 5.26 Å². The Labute approximate surface area is 118 Å².